The average molecular weight is 467 g/mol. The Balaban J connectivity index is 0.00000225. The average Bonchev–Trinajstić information content (AvgIpc) is 3.15. The minimum absolute atomic E-state index is 0. The van der Waals surface area contributed by atoms with E-state index in [1.165, 1.54) is 39.1 Å². The van der Waals surface area contributed by atoms with Gasteiger partial charge in [-0.25, -0.2) is 0 Å². The molecule has 0 spiro atoms. The van der Waals surface area contributed by atoms with Gasteiger partial charge in [-0.3, -0.25) is 14.8 Å². The van der Waals surface area contributed by atoms with Gasteiger partial charge in [0, 0.05) is 72.1 Å². The van der Waals surface area contributed by atoms with Gasteiger partial charge in [0.25, 0.3) is 0 Å². The van der Waals surface area contributed by atoms with Gasteiger partial charge in [-0.05, 0) is 19.3 Å². The highest BCUT2D eigenvalue weighted by atomic mass is 127. The second-order valence-electron chi connectivity index (χ2n) is 6.93. The monoisotopic (exact) mass is 467 g/mol. The van der Waals surface area contributed by atoms with Crippen LogP contribution in [0.15, 0.2) is 4.99 Å². The van der Waals surface area contributed by atoms with E-state index >= 15 is 0 Å². The number of hydrogen-bond donors (Lipinski definition) is 2. The Morgan fingerprint density at radius 1 is 1.24 bits per heavy atom. The number of fused-ring (bicyclic) bond motifs is 3. The largest absolute Gasteiger partial charge is 0.379 e. The molecule has 4 heterocycles. The third-order valence-electron chi connectivity index (χ3n) is 5.21. The maximum atomic E-state index is 5.68. The van der Waals surface area contributed by atoms with E-state index in [9.17, 15) is 0 Å². The molecule has 0 aromatic heterocycles. The smallest absolute Gasteiger partial charge is 0.191 e. The molecule has 7 nitrogen and oxygen atoms in total. The van der Waals surface area contributed by atoms with Crippen LogP contribution in [0.3, 0.4) is 0 Å². The molecule has 0 aromatic rings. The minimum Gasteiger partial charge on any atom is -0.379 e. The normalized spacial score (nSPS) is 31.6. The molecular weight excluding hydrogens is 433 g/mol. The van der Waals surface area contributed by atoms with Crippen molar-refractivity contribution in [3.05, 3.63) is 0 Å². The Kier molecular flexibility index (Phi) is 9.75. The highest BCUT2D eigenvalue weighted by Crippen LogP contribution is 2.14. The van der Waals surface area contributed by atoms with Gasteiger partial charge >= 0.3 is 0 Å². The fraction of sp³-hybridized carbons (Fsp3) is 0.941. The number of aliphatic imine (C=N–C) groups is 1. The Morgan fingerprint density at radius 3 is 2.72 bits per heavy atom. The molecule has 2 atom stereocenters. The summed E-state index contributed by atoms with van der Waals surface area (Å²) >= 11 is 0. The van der Waals surface area contributed by atoms with Gasteiger partial charge in [-0.15, -0.1) is 24.0 Å². The first-order chi connectivity index (χ1) is 11.8. The second kappa shape index (κ2) is 11.5. The molecule has 2 bridgehead atoms. The summed E-state index contributed by atoms with van der Waals surface area (Å²) in [6.07, 6.45) is 3.62. The van der Waals surface area contributed by atoms with Crippen LogP contribution in [0.2, 0.25) is 0 Å². The van der Waals surface area contributed by atoms with Crippen molar-refractivity contribution in [2.45, 2.75) is 31.4 Å². The maximum absolute atomic E-state index is 5.68. The molecule has 2 N–H and O–H groups in total. The van der Waals surface area contributed by atoms with E-state index in [0.29, 0.717) is 12.1 Å². The third-order valence-corrected chi connectivity index (χ3v) is 5.21. The van der Waals surface area contributed by atoms with E-state index in [0.717, 1.165) is 51.7 Å². The van der Waals surface area contributed by atoms with Crippen LogP contribution in [0.1, 0.15) is 19.3 Å². The standard InChI is InChI=1S/C17H33N5O2.HI/c1-18-17(19-5-3-10-23-14-16-4-2-11-24-16)20-12-15-13-21-6-8-22(15)9-7-21;/h15-16H,2-14H2,1H3,(H2,18,19,20);1H. The number of rotatable bonds is 8. The Morgan fingerprint density at radius 2 is 2.08 bits per heavy atom. The summed E-state index contributed by atoms with van der Waals surface area (Å²) in [5.74, 6) is 0.895. The van der Waals surface area contributed by atoms with Crippen LogP contribution < -0.4 is 10.6 Å². The van der Waals surface area contributed by atoms with Crippen molar-refractivity contribution in [2.24, 2.45) is 4.99 Å². The molecule has 146 valence electrons. The van der Waals surface area contributed by atoms with Gasteiger partial charge in [0.15, 0.2) is 5.96 Å². The summed E-state index contributed by atoms with van der Waals surface area (Å²) in [5.41, 5.74) is 0. The summed E-state index contributed by atoms with van der Waals surface area (Å²) < 4.78 is 11.2. The van der Waals surface area contributed by atoms with Crippen LogP contribution in [-0.2, 0) is 9.47 Å². The Labute approximate surface area is 168 Å². The molecule has 0 aliphatic carbocycles. The van der Waals surface area contributed by atoms with E-state index in [2.05, 4.69) is 25.4 Å². The van der Waals surface area contributed by atoms with Crippen LogP contribution in [0.25, 0.3) is 0 Å². The number of nitrogens with zero attached hydrogens (tertiary/aromatic N) is 3. The zero-order chi connectivity index (χ0) is 16.6. The molecule has 0 amide bonds. The van der Waals surface area contributed by atoms with Gasteiger partial charge in [0.2, 0.25) is 0 Å². The van der Waals surface area contributed by atoms with Crippen molar-refractivity contribution >= 4 is 29.9 Å². The number of hydrogen-bond acceptors (Lipinski definition) is 5. The van der Waals surface area contributed by atoms with Gasteiger partial charge in [0.05, 0.1) is 12.7 Å². The van der Waals surface area contributed by atoms with Crippen molar-refractivity contribution in [2.75, 3.05) is 72.7 Å². The molecule has 2 unspecified atom stereocenters. The van der Waals surface area contributed by atoms with E-state index in [4.69, 9.17) is 9.47 Å². The lowest BCUT2D eigenvalue weighted by Gasteiger charge is -2.47. The highest BCUT2D eigenvalue weighted by molar-refractivity contribution is 14.0. The predicted molar refractivity (Wildman–Crippen MR) is 111 cm³/mol. The molecule has 25 heavy (non-hydrogen) atoms. The Bertz CT molecular complexity index is 398. The number of nitrogens with one attached hydrogen (secondary N) is 2. The predicted octanol–water partition coefficient (Wildman–Crippen LogP) is 0.355. The van der Waals surface area contributed by atoms with Gasteiger partial charge in [-0.2, -0.15) is 0 Å². The summed E-state index contributed by atoms with van der Waals surface area (Å²) in [5, 5.41) is 6.85. The lowest BCUT2D eigenvalue weighted by molar-refractivity contribution is 0.0153. The fourth-order valence-corrected chi connectivity index (χ4v) is 3.72. The molecule has 0 aromatic carbocycles. The Hall–Kier alpha value is -0.160. The summed E-state index contributed by atoms with van der Waals surface area (Å²) in [6, 6.07) is 0.612. The number of halogens is 1. The zero-order valence-electron chi connectivity index (χ0n) is 15.4. The SMILES string of the molecule is CN=C(NCCCOCC1CCCO1)NCC1CN2CCN1CC2.I. The molecule has 4 fully saturated rings. The van der Waals surface area contributed by atoms with Crippen LogP contribution in [-0.4, -0.2) is 101 Å². The molecule has 0 saturated carbocycles. The fourth-order valence-electron chi connectivity index (χ4n) is 3.72. The molecule has 4 aliphatic rings. The molecule has 4 aliphatic heterocycles. The molecule has 4 rings (SSSR count). The maximum Gasteiger partial charge on any atom is 0.191 e. The van der Waals surface area contributed by atoms with Gasteiger partial charge < -0.3 is 20.1 Å². The van der Waals surface area contributed by atoms with Crippen molar-refractivity contribution in [3.8, 4) is 0 Å². The molecule has 8 heteroatoms. The van der Waals surface area contributed by atoms with E-state index in [-0.39, 0.29) is 24.0 Å². The first kappa shape index (κ1) is 21.1. The van der Waals surface area contributed by atoms with Crippen LogP contribution in [0.5, 0.6) is 0 Å². The quantitative estimate of drug-likeness (QED) is 0.233. The molecule has 0 radical (unpaired) electrons. The topological polar surface area (TPSA) is 61.4 Å². The van der Waals surface area contributed by atoms with E-state index < -0.39 is 0 Å². The van der Waals surface area contributed by atoms with Crippen LogP contribution in [0.4, 0.5) is 0 Å². The number of guanidine groups is 1. The van der Waals surface area contributed by atoms with Crippen molar-refractivity contribution < 1.29 is 9.47 Å². The van der Waals surface area contributed by atoms with E-state index in [1.807, 2.05) is 7.05 Å². The summed E-state index contributed by atoms with van der Waals surface area (Å²) in [4.78, 5) is 9.48. The lowest BCUT2D eigenvalue weighted by Crippen LogP contribution is -2.63. The van der Waals surface area contributed by atoms with Gasteiger partial charge in [0.1, 0.15) is 0 Å². The van der Waals surface area contributed by atoms with Crippen LogP contribution in [0, 0.1) is 0 Å². The first-order valence-corrected chi connectivity index (χ1v) is 9.45. The minimum atomic E-state index is 0. The van der Waals surface area contributed by atoms with E-state index in [1.54, 1.807) is 0 Å². The third kappa shape index (κ3) is 6.82. The highest BCUT2D eigenvalue weighted by Gasteiger charge is 2.31. The number of piperazine rings is 3. The van der Waals surface area contributed by atoms with Crippen LogP contribution >= 0.6 is 24.0 Å². The van der Waals surface area contributed by atoms with Crippen molar-refractivity contribution in [1.29, 1.82) is 0 Å². The zero-order valence-corrected chi connectivity index (χ0v) is 17.7. The lowest BCUT2D eigenvalue weighted by atomic mass is 10.1. The van der Waals surface area contributed by atoms with Crippen molar-refractivity contribution in [3.63, 3.8) is 0 Å². The van der Waals surface area contributed by atoms with Crippen molar-refractivity contribution in [1.82, 2.24) is 20.4 Å². The molecular formula is C17H34IN5O2. The van der Waals surface area contributed by atoms with Gasteiger partial charge in [-0.1, -0.05) is 0 Å². The summed E-state index contributed by atoms with van der Waals surface area (Å²) in [6.45, 7) is 10.3. The first-order valence-electron chi connectivity index (χ1n) is 9.45. The second-order valence-corrected chi connectivity index (χ2v) is 6.93. The summed E-state index contributed by atoms with van der Waals surface area (Å²) in [7, 11) is 1.83. The number of ether oxygens (including phenoxy) is 2. The molecule has 4 saturated heterocycles.